The summed E-state index contributed by atoms with van der Waals surface area (Å²) in [5.41, 5.74) is 2.15. The minimum Gasteiger partial charge on any atom is -0.342 e. The molecule has 0 aromatic heterocycles. The van der Waals surface area contributed by atoms with Crippen molar-refractivity contribution < 1.29 is 9.59 Å². The second-order valence-electron chi connectivity index (χ2n) is 8.73. The molecule has 0 unspecified atom stereocenters. The number of benzene rings is 2. The third-order valence-electron chi connectivity index (χ3n) is 6.76. The Morgan fingerprint density at radius 3 is 1.93 bits per heavy atom. The van der Waals surface area contributed by atoms with Crippen molar-refractivity contribution in [1.82, 2.24) is 9.80 Å². The van der Waals surface area contributed by atoms with Crippen molar-refractivity contribution in [2.75, 3.05) is 26.2 Å². The van der Waals surface area contributed by atoms with Crippen molar-refractivity contribution in [3.8, 4) is 0 Å². The van der Waals surface area contributed by atoms with Gasteiger partial charge in [-0.25, -0.2) is 0 Å². The Bertz CT molecular complexity index is 821. The van der Waals surface area contributed by atoms with Crippen molar-refractivity contribution in [3.63, 3.8) is 0 Å². The van der Waals surface area contributed by atoms with E-state index >= 15 is 0 Å². The first kappa shape index (κ1) is 20.6. The van der Waals surface area contributed by atoms with Crippen LogP contribution < -0.4 is 0 Å². The summed E-state index contributed by atoms with van der Waals surface area (Å²) < 4.78 is 0. The summed E-state index contributed by atoms with van der Waals surface area (Å²) in [6.07, 6.45) is 6.14. The molecule has 4 nitrogen and oxygen atoms in total. The average molecular weight is 405 g/mol. The second-order valence-corrected chi connectivity index (χ2v) is 8.73. The Kier molecular flexibility index (Phi) is 6.83. The summed E-state index contributed by atoms with van der Waals surface area (Å²) in [5.74, 6) is 1.19. The van der Waals surface area contributed by atoms with E-state index < -0.39 is 0 Å². The lowest BCUT2D eigenvalue weighted by Gasteiger charge is -2.37. The van der Waals surface area contributed by atoms with Crippen molar-refractivity contribution in [3.05, 3.63) is 71.8 Å². The number of likely N-dealkylation sites (tertiary alicyclic amines) is 2. The first-order chi connectivity index (χ1) is 14.7. The van der Waals surface area contributed by atoms with Crippen molar-refractivity contribution in [2.24, 2.45) is 11.8 Å². The molecule has 2 heterocycles. The summed E-state index contributed by atoms with van der Waals surface area (Å²) in [7, 11) is 0. The van der Waals surface area contributed by atoms with Gasteiger partial charge in [-0.15, -0.1) is 0 Å². The fourth-order valence-corrected chi connectivity index (χ4v) is 4.81. The van der Waals surface area contributed by atoms with Gasteiger partial charge in [0.1, 0.15) is 0 Å². The van der Waals surface area contributed by atoms with Gasteiger partial charge in [0.2, 0.25) is 5.91 Å². The molecule has 2 saturated heterocycles. The summed E-state index contributed by atoms with van der Waals surface area (Å²) in [4.78, 5) is 29.6. The lowest BCUT2D eigenvalue weighted by Crippen LogP contribution is -2.46. The van der Waals surface area contributed by atoms with Gasteiger partial charge in [0.05, 0.1) is 0 Å². The van der Waals surface area contributed by atoms with Crippen molar-refractivity contribution in [2.45, 2.75) is 38.5 Å². The Hall–Kier alpha value is -2.62. The molecular weight excluding hydrogens is 372 g/mol. The number of nitrogens with zero attached hydrogens (tertiary/aromatic N) is 2. The van der Waals surface area contributed by atoms with E-state index in [1.165, 1.54) is 12.0 Å². The van der Waals surface area contributed by atoms with Crippen LogP contribution in [-0.2, 0) is 11.2 Å². The van der Waals surface area contributed by atoms with Crippen LogP contribution in [0.4, 0.5) is 0 Å². The Labute approximate surface area is 179 Å². The highest BCUT2D eigenvalue weighted by Gasteiger charge is 2.32. The van der Waals surface area contributed by atoms with Crippen LogP contribution in [0.3, 0.4) is 0 Å². The molecule has 0 spiro atoms. The largest absolute Gasteiger partial charge is 0.342 e. The monoisotopic (exact) mass is 404 g/mol. The molecule has 158 valence electrons. The highest BCUT2D eigenvalue weighted by molar-refractivity contribution is 5.94. The van der Waals surface area contributed by atoms with Gasteiger partial charge < -0.3 is 9.80 Å². The molecule has 2 aliphatic rings. The molecule has 0 atom stereocenters. The van der Waals surface area contributed by atoms with E-state index in [9.17, 15) is 9.59 Å². The summed E-state index contributed by atoms with van der Waals surface area (Å²) in [5, 5.41) is 0. The summed E-state index contributed by atoms with van der Waals surface area (Å²) >= 11 is 0. The zero-order valence-corrected chi connectivity index (χ0v) is 17.7. The lowest BCUT2D eigenvalue weighted by atomic mass is 9.89. The van der Waals surface area contributed by atoms with E-state index in [-0.39, 0.29) is 11.8 Å². The van der Waals surface area contributed by atoms with Gasteiger partial charge in [-0.05, 0) is 62.1 Å². The average Bonchev–Trinajstić information content (AvgIpc) is 2.83. The zero-order chi connectivity index (χ0) is 20.8. The third-order valence-corrected chi connectivity index (χ3v) is 6.76. The number of hydrogen-bond acceptors (Lipinski definition) is 2. The number of aryl methyl sites for hydroxylation is 1. The van der Waals surface area contributed by atoms with E-state index in [4.69, 9.17) is 0 Å². The Morgan fingerprint density at radius 1 is 0.733 bits per heavy atom. The van der Waals surface area contributed by atoms with Gasteiger partial charge in [-0.2, -0.15) is 0 Å². The third kappa shape index (κ3) is 5.10. The van der Waals surface area contributed by atoms with E-state index in [1.807, 2.05) is 35.2 Å². The van der Waals surface area contributed by atoms with E-state index in [0.29, 0.717) is 19.0 Å². The van der Waals surface area contributed by atoms with Gasteiger partial charge in [0, 0.05) is 37.7 Å². The molecule has 0 saturated carbocycles. The van der Waals surface area contributed by atoms with E-state index in [0.717, 1.165) is 56.7 Å². The fraction of sp³-hybridized carbons (Fsp3) is 0.462. The van der Waals surface area contributed by atoms with Gasteiger partial charge in [0.15, 0.2) is 0 Å². The lowest BCUT2D eigenvalue weighted by molar-refractivity contribution is -0.138. The molecule has 0 aliphatic carbocycles. The molecule has 2 aromatic carbocycles. The number of carbonyl (C=O) groups excluding carboxylic acids is 2. The number of carbonyl (C=O) groups is 2. The number of hydrogen-bond donors (Lipinski definition) is 0. The molecule has 0 N–H and O–H groups in total. The molecule has 30 heavy (non-hydrogen) atoms. The summed E-state index contributed by atoms with van der Waals surface area (Å²) in [6.45, 7) is 3.14. The fourth-order valence-electron chi connectivity index (χ4n) is 4.81. The van der Waals surface area contributed by atoms with E-state index in [2.05, 4.69) is 35.2 Å². The van der Waals surface area contributed by atoms with Crippen LogP contribution in [0.5, 0.6) is 0 Å². The highest BCUT2D eigenvalue weighted by Crippen LogP contribution is 2.26. The topological polar surface area (TPSA) is 40.6 Å². The Balaban J connectivity index is 1.20. The maximum Gasteiger partial charge on any atom is 0.253 e. The molecule has 0 bridgehead atoms. The Morgan fingerprint density at radius 2 is 1.30 bits per heavy atom. The molecular formula is C26H32N2O2. The van der Waals surface area contributed by atoms with Gasteiger partial charge >= 0.3 is 0 Å². The van der Waals surface area contributed by atoms with Crippen LogP contribution >= 0.6 is 0 Å². The first-order valence-corrected chi connectivity index (χ1v) is 11.4. The predicted molar refractivity (Wildman–Crippen MR) is 119 cm³/mol. The molecule has 0 radical (unpaired) electrons. The van der Waals surface area contributed by atoms with Crippen LogP contribution in [0.15, 0.2) is 60.7 Å². The van der Waals surface area contributed by atoms with E-state index in [1.54, 1.807) is 0 Å². The van der Waals surface area contributed by atoms with Crippen LogP contribution in [-0.4, -0.2) is 47.8 Å². The van der Waals surface area contributed by atoms with Gasteiger partial charge in [0.25, 0.3) is 5.91 Å². The smallest absolute Gasteiger partial charge is 0.253 e. The first-order valence-electron chi connectivity index (χ1n) is 11.4. The minimum absolute atomic E-state index is 0.0747. The predicted octanol–water partition coefficient (Wildman–Crippen LogP) is 4.41. The molecule has 4 rings (SSSR count). The highest BCUT2D eigenvalue weighted by atomic mass is 16.2. The molecule has 2 amide bonds. The van der Waals surface area contributed by atoms with Crippen molar-refractivity contribution >= 4 is 11.8 Å². The van der Waals surface area contributed by atoms with Gasteiger partial charge in [-0.3, -0.25) is 9.59 Å². The minimum atomic E-state index is 0.0747. The maximum absolute atomic E-state index is 13.0. The molecule has 4 heteroatoms. The maximum atomic E-state index is 13.0. The van der Waals surface area contributed by atoms with Crippen LogP contribution in [0, 0.1) is 11.8 Å². The van der Waals surface area contributed by atoms with Crippen LogP contribution in [0.1, 0.15) is 48.0 Å². The molecule has 2 fully saturated rings. The van der Waals surface area contributed by atoms with Crippen molar-refractivity contribution in [1.29, 1.82) is 0 Å². The summed E-state index contributed by atoms with van der Waals surface area (Å²) in [6, 6.07) is 20.1. The standard InChI is InChI=1S/C26H32N2O2/c29-25(23-9-5-2-6-10-23)28-19-15-24(16-20-28)26(30)27-17-13-22(14-18-27)12-11-21-7-3-1-4-8-21/h1-10,22,24H,11-20H2. The van der Waals surface area contributed by atoms with Crippen LogP contribution in [0.2, 0.25) is 0 Å². The number of piperidine rings is 2. The molecule has 2 aliphatic heterocycles. The van der Waals surface area contributed by atoms with Gasteiger partial charge in [-0.1, -0.05) is 48.5 Å². The quantitative estimate of drug-likeness (QED) is 0.741. The zero-order valence-electron chi connectivity index (χ0n) is 17.7. The normalized spacial score (nSPS) is 18.4. The number of amides is 2. The SMILES string of the molecule is O=C(c1ccccc1)N1CCC(C(=O)N2CCC(CCc3ccccc3)CC2)CC1. The van der Waals surface area contributed by atoms with Crippen LogP contribution in [0.25, 0.3) is 0 Å². The molecule has 2 aromatic rings. The number of rotatable bonds is 5. The second kappa shape index (κ2) is 9.92.